The van der Waals surface area contributed by atoms with Gasteiger partial charge in [0.2, 0.25) is 0 Å². The minimum Gasteiger partial charge on any atom is -0.479 e. The molecule has 2 rings (SSSR count). The summed E-state index contributed by atoms with van der Waals surface area (Å²) >= 11 is 0. The molecule has 2 atom stereocenters. The van der Waals surface area contributed by atoms with Crippen molar-refractivity contribution in [1.29, 1.82) is 0 Å². The molecule has 2 aromatic carbocycles. The molecule has 2 aromatic rings. The highest BCUT2D eigenvalue weighted by molar-refractivity contribution is 6.58. The largest absolute Gasteiger partial charge is 0.488 e. The second-order valence-corrected chi connectivity index (χ2v) is 7.20. The highest BCUT2D eigenvalue weighted by Crippen LogP contribution is 2.27. The van der Waals surface area contributed by atoms with Crippen LogP contribution in [-0.2, 0) is 0 Å². The van der Waals surface area contributed by atoms with Crippen LogP contribution >= 0.6 is 0 Å². The van der Waals surface area contributed by atoms with E-state index in [1.54, 1.807) is 24.3 Å². The molecule has 150 valence electrons. The predicted molar refractivity (Wildman–Crippen MR) is 117 cm³/mol. The molecule has 5 heteroatoms. The van der Waals surface area contributed by atoms with Crippen LogP contribution in [0.2, 0.25) is 0 Å². The molecule has 0 aliphatic carbocycles. The van der Waals surface area contributed by atoms with E-state index < -0.39 is 7.12 Å². The highest BCUT2D eigenvalue weighted by Gasteiger charge is 2.19. The van der Waals surface area contributed by atoms with Gasteiger partial charge in [-0.05, 0) is 42.4 Å². The molecule has 0 amide bonds. The zero-order chi connectivity index (χ0) is 20.4. The zero-order valence-corrected chi connectivity index (χ0v) is 17.1. The standard InChI is InChI=1S/C23H32BNO3/c1-4-9-18(3)16-17-25-22(5-2)23(19-10-7-6-8-11-19)28-21-14-12-20(13-15-21)24(26)27/h5-8,10-15,18,23,25-27H,4,9,16-17H2,1-3H3/b22-5-. The van der Waals surface area contributed by atoms with E-state index in [-0.39, 0.29) is 6.10 Å². The molecule has 0 radical (unpaired) electrons. The van der Waals surface area contributed by atoms with Gasteiger partial charge in [-0.1, -0.05) is 75.2 Å². The van der Waals surface area contributed by atoms with Crippen LogP contribution in [0.3, 0.4) is 0 Å². The van der Waals surface area contributed by atoms with Gasteiger partial charge >= 0.3 is 7.12 Å². The van der Waals surface area contributed by atoms with Crippen molar-refractivity contribution in [3.8, 4) is 5.75 Å². The molecule has 0 aliphatic heterocycles. The number of hydrogen-bond donors (Lipinski definition) is 3. The van der Waals surface area contributed by atoms with Gasteiger partial charge in [0, 0.05) is 6.54 Å². The van der Waals surface area contributed by atoms with Gasteiger partial charge in [0.05, 0.1) is 5.70 Å². The second kappa shape index (κ2) is 11.6. The SMILES string of the molecule is C/C=C(\NCCC(C)CCC)C(Oc1ccc(B(O)O)cc1)c1ccccc1. The first-order chi connectivity index (χ1) is 13.5. The van der Waals surface area contributed by atoms with Crippen molar-refractivity contribution in [2.24, 2.45) is 5.92 Å². The van der Waals surface area contributed by atoms with E-state index in [9.17, 15) is 10.0 Å². The molecular formula is C23H32BNO3. The maximum atomic E-state index is 9.28. The van der Waals surface area contributed by atoms with Gasteiger partial charge < -0.3 is 20.1 Å². The van der Waals surface area contributed by atoms with Gasteiger partial charge in [-0.25, -0.2) is 0 Å². The van der Waals surface area contributed by atoms with Crippen LogP contribution in [0.1, 0.15) is 51.7 Å². The molecule has 0 fully saturated rings. The van der Waals surface area contributed by atoms with Crippen LogP contribution in [0.4, 0.5) is 0 Å². The van der Waals surface area contributed by atoms with Gasteiger partial charge in [0.15, 0.2) is 6.10 Å². The lowest BCUT2D eigenvalue weighted by atomic mass is 9.80. The highest BCUT2D eigenvalue weighted by atomic mass is 16.5. The molecule has 0 aromatic heterocycles. The summed E-state index contributed by atoms with van der Waals surface area (Å²) in [6.07, 6.45) is 5.39. The number of rotatable bonds is 11. The van der Waals surface area contributed by atoms with Crippen LogP contribution in [-0.4, -0.2) is 23.7 Å². The smallest absolute Gasteiger partial charge is 0.479 e. The van der Waals surface area contributed by atoms with Gasteiger partial charge in [0.1, 0.15) is 5.75 Å². The maximum absolute atomic E-state index is 9.28. The summed E-state index contributed by atoms with van der Waals surface area (Å²) in [4.78, 5) is 0. The van der Waals surface area contributed by atoms with E-state index in [0.717, 1.165) is 24.2 Å². The number of nitrogens with one attached hydrogen (secondary N) is 1. The summed E-state index contributed by atoms with van der Waals surface area (Å²) in [5.41, 5.74) is 2.54. The molecule has 28 heavy (non-hydrogen) atoms. The summed E-state index contributed by atoms with van der Waals surface area (Å²) in [6, 6.07) is 17.0. The lowest BCUT2D eigenvalue weighted by Crippen LogP contribution is -2.29. The number of benzene rings is 2. The molecule has 0 heterocycles. The van der Waals surface area contributed by atoms with Crippen LogP contribution in [0, 0.1) is 5.92 Å². The molecule has 0 bridgehead atoms. The van der Waals surface area contributed by atoms with Crippen molar-refractivity contribution in [1.82, 2.24) is 5.32 Å². The summed E-state index contributed by atoms with van der Waals surface area (Å²) in [6.45, 7) is 7.44. The summed E-state index contributed by atoms with van der Waals surface area (Å²) in [5.74, 6) is 1.38. The average Bonchev–Trinajstić information content (AvgIpc) is 2.71. The van der Waals surface area contributed by atoms with E-state index in [1.807, 2.05) is 25.1 Å². The van der Waals surface area contributed by atoms with Crippen molar-refractivity contribution in [2.75, 3.05) is 6.54 Å². The van der Waals surface area contributed by atoms with Crippen molar-refractivity contribution in [3.63, 3.8) is 0 Å². The van der Waals surface area contributed by atoms with E-state index >= 15 is 0 Å². The molecular weight excluding hydrogens is 349 g/mol. The first-order valence-electron chi connectivity index (χ1n) is 10.1. The monoisotopic (exact) mass is 381 g/mol. The third kappa shape index (κ3) is 6.73. The van der Waals surface area contributed by atoms with E-state index in [1.165, 1.54) is 12.8 Å². The average molecular weight is 381 g/mol. The number of allylic oxidation sites excluding steroid dienone is 1. The normalized spacial score (nSPS) is 13.7. The lowest BCUT2D eigenvalue weighted by Gasteiger charge is -2.24. The Kier molecular flexibility index (Phi) is 9.12. The Labute approximate surface area is 169 Å². The molecule has 3 N–H and O–H groups in total. The molecule has 0 aliphatic rings. The van der Waals surface area contributed by atoms with E-state index in [4.69, 9.17) is 4.74 Å². The van der Waals surface area contributed by atoms with Crippen LogP contribution in [0.25, 0.3) is 0 Å². The Hall–Kier alpha value is -2.24. The quantitative estimate of drug-likeness (QED) is 0.518. The zero-order valence-electron chi connectivity index (χ0n) is 17.1. The topological polar surface area (TPSA) is 61.7 Å². The summed E-state index contributed by atoms with van der Waals surface area (Å²) in [7, 11) is -1.48. The first kappa shape index (κ1) is 22.1. The molecule has 0 saturated heterocycles. The van der Waals surface area contributed by atoms with Crippen LogP contribution < -0.4 is 15.5 Å². The fourth-order valence-corrected chi connectivity index (χ4v) is 3.24. The molecule has 4 nitrogen and oxygen atoms in total. The molecule has 0 saturated carbocycles. The third-order valence-electron chi connectivity index (χ3n) is 4.88. The molecule has 2 unspecified atom stereocenters. The Balaban J connectivity index is 2.14. The van der Waals surface area contributed by atoms with Crippen LogP contribution in [0.5, 0.6) is 5.75 Å². The van der Waals surface area contributed by atoms with Crippen molar-refractivity contribution in [3.05, 3.63) is 71.9 Å². The fourth-order valence-electron chi connectivity index (χ4n) is 3.24. The lowest BCUT2D eigenvalue weighted by molar-refractivity contribution is 0.232. The fraction of sp³-hybridized carbons (Fsp3) is 0.391. The van der Waals surface area contributed by atoms with Gasteiger partial charge in [-0.3, -0.25) is 0 Å². The van der Waals surface area contributed by atoms with E-state index in [0.29, 0.717) is 17.1 Å². The summed E-state index contributed by atoms with van der Waals surface area (Å²) in [5, 5.41) is 22.1. The Morgan fingerprint density at radius 1 is 1.07 bits per heavy atom. The van der Waals surface area contributed by atoms with Crippen LogP contribution in [0.15, 0.2) is 66.4 Å². The predicted octanol–water partition coefficient (Wildman–Crippen LogP) is 3.81. The van der Waals surface area contributed by atoms with Gasteiger partial charge in [-0.15, -0.1) is 0 Å². The first-order valence-corrected chi connectivity index (χ1v) is 10.1. The summed E-state index contributed by atoms with van der Waals surface area (Å²) < 4.78 is 6.30. The Bertz CT molecular complexity index is 716. The Morgan fingerprint density at radius 2 is 1.75 bits per heavy atom. The van der Waals surface area contributed by atoms with Crippen molar-refractivity contribution in [2.45, 2.75) is 46.1 Å². The second-order valence-electron chi connectivity index (χ2n) is 7.20. The van der Waals surface area contributed by atoms with Crippen molar-refractivity contribution < 1.29 is 14.8 Å². The third-order valence-corrected chi connectivity index (χ3v) is 4.88. The Morgan fingerprint density at radius 3 is 2.32 bits per heavy atom. The maximum Gasteiger partial charge on any atom is 0.488 e. The van der Waals surface area contributed by atoms with Gasteiger partial charge in [0.25, 0.3) is 0 Å². The minimum absolute atomic E-state index is 0.252. The van der Waals surface area contributed by atoms with E-state index in [2.05, 4.69) is 37.4 Å². The van der Waals surface area contributed by atoms with Gasteiger partial charge in [-0.2, -0.15) is 0 Å². The molecule has 0 spiro atoms. The minimum atomic E-state index is -1.48. The number of hydrogen-bond acceptors (Lipinski definition) is 4. The number of ether oxygens (including phenoxy) is 1. The van der Waals surface area contributed by atoms with Crippen molar-refractivity contribution >= 4 is 12.6 Å².